The van der Waals surface area contributed by atoms with Crippen LogP contribution in [-0.2, 0) is 16.6 Å². The quantitative estimate of drug-likeness (QED) is 0.760. The Labute approximate surface area is 110 Å². The van der Waals surface area contributed by atoms with Crippen molar-refractivity contribution < 1.29 is 8.42 Å². The highest BCUT2D eigenvalue weighted by molar-refractivity contribution is 7.92. The lowest BCUT2D eigenvalue weighted by molar-refractivity contribution is 0.601. The normalized spacial score (nSPS) is 11.6. The maximum absolute atomic E-state index is 12.0. The Morgan fingerprint density at radius 3 is 2.94 bits per heavy atom. The summed E-state index contributed by atoms with van der Waals surface area (Å²) in [6.07, 6.45) is 1.50. The van der Waals surface area contributed by atoms with E-state index in [-0.39, 0.29) is 4.90 Å². The van der Waals surface area contributed by atoms with Crippen molar-refractivity contribution in [3.05, 3.63) is 34.8 Å². The lowest BCUT2D eigenvalue weighted by Gasteiger charge is -2.03. The van der Waals surface area contributed by atoms with Crippen molar-refractivity contribution in [3.63, 3.8) is 0 Å². The van der Waals surface area contributed by atoms with Gasteiger partial charge in [0.2, 0.25) is 0 Å². The highest BCUT2D eigenvalue weighted by Crippen LogP contribution is 2.18. The van der Waals surface area contributed by atoms with Crippen LogP contribution >= 0.6 is 11.3 Å². The van der Waals surface area contributed by atoms with Crippen LogP contribution in [0.2, 0.25) is 0 Å². The van der Waals surface area contributed by atoms with E-state index in [1.165, 1.54) is 17.5 Å². The molecule has 0 spiro atoms. The molecule has 2 heterocycles. The van der Waals surface area contributed by atoms with Crippen LogP contribution in [0.15, 0.2) is 34.0 Å². The molecule has 2 aromatic rings. The minimum absolute atomic E-state index is 0.251. The third-order valence-corrected chi connectivity index (χ3v) is 4.41. The first kappa shape index (κ1) is 13.1. The van der Waals surface area contributed by atoms with Crippen molar-refractivity contribution in [1.82, 2.24) is 10.3 Å². The summed E-state index contributed by atoms with van der Waals surface area (Å²) in [4.78, 5) is 3.20. The van der Waals surface area contributed by atoms with Gasteiger partial charge in [0.25, 0.3) is 10.0 Å². The fourth-order valence-electron chi connectivity index (χ4n) is 1.47. The molecule has 7 heteroatoms. The van der Waals surface area contributed by atoms with Gasteiger partial charge in [-0.05, 0) is 24.1 Å². The van der Waals surface area contributed by atoms with E-state index in [1.807, 2.05) is 12.3 Å². The molecule has 0 aliphatic carbocycles. The number of thiophene rings is 1. The molecule has 0 amide bonds. The molecule has 5 nitrogen and oxygen atoms in total. The van der Waals surface area contributed by atoms with E-state index in [1.54, 1.807) is 17.5 Å². The van der Waals surface area contributed by atoms with Gasteiger partial charge in [0.15, 0.2) is 0 Å². The molecule has 0 unspecified atom stereocenters. The van der Waals surface area contributed by atoms with E-state index >= 15 is 0 Å². The van der Waals surface area contributed by atoms with E-state index in [9.17, 15) is 8.42 Å². The highest BCUT2D eigenvalue weighted by atomic mass is 32.2. The summed E-state index contributed by atoms with van der Waals surface area (Å²) in [7, 11) is -3.49. The monoisotopic (exact) mass is 285 g/mol. The summed E-state index contributed by atoms with van der Waals surface area (Å²) >= 11 is 1.45. The molecular weight excluding hydrogens is 270 g/mol. The number of aromatic amines is 1. The number of anilines is 1. The van der Waals surface area contributed by atoms with Crippen LogP contribution in [0.25, 0.3) is 0 Å². The van der Waals surface area contributed by atoms with Gasteiger partial charge in [0.05, 0.1) is 5.69 Å². The lowest BCUT2D eigenvalue weighted by Crippen LogP contribution is -2.12. The Morgan fingerprint density at radius 1 is 1.44 bits per heavy atom. The molecule has 18 heavy (non-hydrogen) atoms. The Hall–Kier alpha value is -1.31. The molecule has 0 saturated heterocycles. The van der Waals surface area contributed by atoms with E-state index in [0.29, 0.717) is 12.2 Å². The van der Waals surface area contributed by atoms with Crippen molar-refractivity contribution in [2.75, 3.05) is 11.3 Å². The van der Waals surface area contributed by atoms with E-state index in [4.69, 9.17) is 0 Å². The van der Waals surface area contributed by atoms with Crippen molar-refractivity contribution >= 4 is 27.0 Å². The predicted octanol–water partition coefficient (Wildman–Crippen LogP) is 1.99. The Balaban J connectivity index is 2.12. The number of aromatic nitrogens is 1. The molecule has 0 atom stereocenters. The van der Waals surface area contributed by atoms with Crippen molar-refractivity contribution in [1.29, 1.82) is 0 Å². The number of H-pyrrole nitrogens is 1. The zero-order valence-electron chi connectivity index (χ0n) is 9.93. The van der Waals surface area contributed by atoms with Crippen LogP contribution in [0, 0.1) is 0 Å². The molecule has 0 aliphatic rings. The van der Waals surface area contributed by atoms with Crippen molar-refractivity contribution in [2.24, 2.45) is 0 Å². The van der Waals surface area contributed by atoms with Crippen LogP contribution in [0.1, 0.15) is 12.6 Å². The molecule has 0 radical (unpaired) electrons. The summed E-state index contributed by atoms with van der Waals surface area (Å²) in [5.41, 5.74) is 1.44. The largest absolute Gasteiger partial charge is 0.363 e. The molecule has 0 aliphatic heterocycles. The average Bonchev–Trinajstić information content (AvgIpc) is 2.96. The van der Waals surface area contributed by atoms with Gasteiger partial charge in [0, 0.05) is 23.8 Å². The molecule has 0 bridgehead atoms. The Bertz CT molecular complexity index is 588. The summed E-state index contributed by atoms with van der Waals surface area (Å²) in [6, 6.07) is 3.37. The van der Waals surface area contributed by atoms with Gasteiger partial charge in [-0.3, -0.25) is 4.72 Å². The van der Waals surface area contributed by atoms with Gasteiger partial charge in [-0.1, -0.05) is 6.92 Å². The second kappa shape index (κ2) is 5.55. The smallest absolute Gasteiger partial charge is 0.263 e. The summed E-state index contributed by atoms with van der Waals surface area (Å²) in [5.74, 6) is 0. The van der Waals surface area contributed by atoms with Crippen molar-refractivity contribution in [3.8, 4) is 0 Å². The van der Waals surface area contributed by atoms with Crippen LogP contribution < -0.4 is 10.0 Å². The molecular formula is C11H15N3O2S2. The SMILES string of the molecule is CCNCc1cc(S(=O)(=O)Nc2ccsc2)c[nH]1. The van der Waals surface area contributed by atoms with E-state index in [2.05, 4.69) is 15.0 Å². The highest BCUT2D eigenvalue weighted by Gasteiger charge is 2.16. The molecule has 2 aromatic heterocycles. The van der Waals surface area contributed by atoms with Gasteiger partial charge in [-0.15, -0.1) is 0 Å². The van der Waals surface area contributed by atoms with Gasteiger partial charge in [-0.25, -0.2) is 8.42 Å². The standard InChI is InChI=1S/C11H15N3O2S2/c1-2-12-6-10-5-11(7-13-10)18(15,16)14-9-3-4-17-8-9/h3-5,7-8,12-14H,2,6H2,1H3. The molecule has 2 rings (SSSR count). The third kappa shape index (κ3) is 3.12. The number of sulfonamides is 1. The molecule has 98 valence electrons. The van der Waals surface area contributed by atoms with E-state index < -0.39 is 10.0 Å². The third-order valence-electron chi connectivity index (χ3n) is 2.37. The topological polar surface area (TPSA) is 74.0 Å². The minimum Gasteiger partial charge on any atom is -0.363 e. The van der Waals surface area contributed by atoms with Crippen LogP contribution in [0.4, 0.5) is 5.69 Å². The van der Waals surface area contributed by atoms with E-state index in [0.717, 1.165) is 12.2 Å². The average molecular weight is 285 g/mol. The fraction of sp³-hybridized carbons (Fsp3) is 0.273. The second-order valence-corrected chi connectivity index (χ2v) is 6.22. The maximum atomic E-state index is 12.0. The zero-order chi connectivity index (χ0) is 13.0. The fourth-order valence-corrected chi connectivity index (χ4v) is 3.20. The molecule has 0 fully saturated rings. The number of nitrogens with one attached hydrogen (secondary N) is 3. The molecule has 3 N–H and O–H groups in total. The zero-order valence-corrected chi connectivity index (χ0v) is 11.6. The maximum Gasteiger partial charge on any atom is 0.263 e. The van der Waals surface area contributed by atoms with Gasteiger partial charge in [-0.2, -0.15) is 11.3 Å². The Morgan fingerprint density at radius 2 is 2.28 bits per heavy atom. The summed E-state index contributed by atoms with van der Waals surface area (Å²) in [6.45, 7) is 3.47. The minimum atomic E-state index is -3.49. The second-order valence-electron chi connectivity index (χ2n) is 3.76. The molecule has 0 aromatic carbocycles. The molecule has 0 saturated carbocycles. The Kier molecular flexibility index (Phi) is 4.05. The first-order chi connectivity index (χ1) is 8.62. The first-order valence-corrected chi connectivity index (χ1v) is 7.97. The summed E-state index contributed by atoms with van der Waals surface area (Å²) in [5, 5.41) is 6.71. The van der Waals surface area contributed by atoms with Crippen LogP contribution in [0.3, 0.4) is 0 Å². The lowest BCUT2D eigenvalue weighted by atomic mass is 10.4. The predicted molar refractivity (Wildman–Crippen MR) is 73.3 cm³/mol. The number of hydrogen-bond donors (Lipinski definition) is 3. The van der Waals surface area contributed by atoms with Crippen LogP contribution in [0.5, 0.6) is 0 Å². The van der Waals surface area contributed by atoms with Crippen molar-refractivity contribution in [2.45, 2.75) is 18.4 Å². The van der Waals surface area contributed by atoms with Crippen LogP contribution in [-0.4, -0.2) is 19.9 Å². The number of hydrogen-bond acceptors (Lipinski definition) is 4. The van der Waals surface area contributed by atoms with Gasteiger partial charge < -0.3 is 10.3 Å². The summed E-state index contributed by atoms with van der Waals surface area (Å²) < 4.78 is 26.6. The number of rotatable bonds is 6. The van der Waals surface area contributed by atoms with Gasteiger partial charge in [0.1, 0.15) is 4.90 Å². The first-order valence-electron chi connectivity index (χ1n) is 5.55. The van der Waals surface area contributed by atoms with Gasteiger partial charge >= 0.3 is 0 Å².